The fourth-order valence-corrected chi connectivity index (χ4v) is 1.36. The van der Waals surface area contributed by atoms with Gasteiger partial charge in [0.25, 0.3) is 0 Å². The monoisotopic (exact) mass is 196 g/mol. The SMILES string of the molecule is C[Si](C)(C)C#CO[C@H]1C=C[C@H](O)C1. The molecule has 0 saturated carbocycles. The van der Waals surface area contributed by atoms with Gasteiger partial charge in [0, 0.05) is 6.42 Å². The molecule has 1 N–H and O–H groups in total. The Labute approximate surface area is 80.6 Å². The molecule has 1 rings (SSSR count). The summed E-state index contributed by atoms with van der Waals surface area (Å²) in [6.45, 7) is 6.51. The third kappa shape index (κ3) is 4.16. The molecule has 0 radical (unpaired) electrons. The first kappa shape index (κ1) is 10.4. The van der Waals surface area contributed by atoms with Crippen LogP contribution in [0, 0.1) is 11.7 Å². The van der Waals surface area contributed by atoms with E-state index in [2.05, 4.69) is 31.3 Å². The van der Waals surface area contributed by atoms with E-state index >= 15 is 0 Å². The summed E-state index contributed by atoms with van der Waals surface area (Å²) in [6, 6.07) is 0. The fourth-order valence-electron chi connectivity index (χ4n) is 0.993. The van der Waals surface area contributed by atoms with Crippen molar-refractivity contribution in [2.24, 2.45) is 0 Å². The molecule has 0 amide bonds. The Kier molecular flexibility index (Phi) is 3.18. The van der Waals surface area contributed by atoms with Crippen molar-refractivity contribution in [3.63, 3.8) is 0 Å². The molecule has 0 aromatic carbocycles. The molecule has 2 nitrogen and oxygen atoms in total. The van der Waals surface area contributed by atoms with Crippen LogP contribution in [0.5, 0.6) is 0 Å². The quantitative estimate of drug-likeness (QED) is 0.391. The topological polar surface area (TPSA) is 29.5 Å². The fraction of sp³-hybridized carbons (Fsp3) is 0.600. The van der Waals surface area contributed by atoms with E-state index in [1.807, 2.05) is 6.08 Å². The van der Waals surface area contributed by atoms with E-state index < -0.39 is 8.07 Å². The van der Waals surface area contributed by atoms with E-state index in [9.17, 15) is 0 Å². The highest BCUT2D eigenvalue weighted by atomic mass is 28.3. The molecule has 0 aliphatic heterocycles. The van der Waals surface area contributed by atoms with Gasteiger partial charge in [-0.2, -0.15) is 0 Å². The van der Waals surface area contributed by atoms with Crippen LogP contribution in [-0.2, 0) is 4.74 Å². The predicted octanol–water partition coefficient (Wildman–Crippen LogP) is 1.53. The largest absolute Gasteiger partial charge is 0.439 e. The number of hydrogen-bond donors (Lipinski definition) is 1. The van der Waals surface area contributed by atoms with Gasteiger partial charge in [-0.3, -0.25) is 0 Å². The van der Waals surface area contributed by atoms with E-state index in [4.69, 9.17) is 9.84 Å². The summed E-state index contributed by atoms with van der Waals surface area (Å²) >= 11 is 0. The Hall–Kier alpha value is -0.723. The second-order valence-corrected chi connectivity index (χ2v) is 9.07. The second-order valence-electron chi connectivity index (χ2n) is 4.32. The summed E-state index contributed by atoms with van der Waals surface area (Å²) in [5, 5.41) is 9.15. The average Bonchev–Trinajstić information content (AvgIpc) is 2.33. The first-order valence-electron chi connectivity index (χ1n) is 4.51. The van der Waals surface area contributed by atoms with Gasteiger partial charge < -0.3 is 9.84 Å². The zero-order valence-electron chi connectivity index (χ0n) is 8.37. The molecule has 0 aromatic rings. The van der Waals surface area contributed by atoms with E-state index in [0.717, 1.165) is 0 Å². The standard InChI is InChI=1S/C10H16O2Si/c1-13(2,3)7-6-12-10-5-4-9(11)8-10/h4-5,9-11H,8H2,1-3H3/t9-,10-/m0/s1. The molecule has 0 heterocycles. The van der Waals surface area contributed by atoms with Crippen LogP contribution in [-0.4, -0.2) is 25.4 Å². The first-order valence-corrected chi connectivity index (χ1v) is 8.01. The van der Waals surface area contributed by atoms with Crippen LogP contribution >= 0.6 is 0 Å². The van der Waals surface area contributed by atoms with Crippen molar-refractivity contribution in [1.82, 2.24) is 0 Å². The molecule has 13 heavy (non-hydrogen) atoms. The van der Waals surface area contributed by atoms with Crippen molar-refractivity contribution in [1.29, 1.82) is 0 Å². The van der Waals surface area contributed by atoms with Crippen LogP contribution in [0.1, 0.15) is 6.42 Å². The number of ether oxygens (including phenoxy) is 1. The average molecular weight is 196 g/mol. The molecular formula is C10H16O2Si. The Balaban J connectivity index is 2.34. The van der Waals surface area contributed by atoms with E-state index in [0.29, 0.717) is 6.42 Å². The van der Waals surface area contributed by atoms with E-state index in [1.54, 1.807) is 6.08 Å². The lowest BCUT2D eigenvalue weighted by molar-refractivity contribution is 0.147. The zero-order chi connectivity index (χ0) is 9.90. The van der Waals surface area contributed by atoms with Crippen molar-refractivity contribution in [2.45, 2.75) is 38.3 Å². The van der Waals surface area contributed by atoms with Crippen molar-refractivity contribution < 1.29 is 9.84 Å². The molecule has 0 bridgehead atoms. The van der Waals surface area contributed by atoms with Crippen molar-refractivity contribution in [2.75, 3.05) is 0 Å². The minimum absolute atomic E-state index is 0.0150. The lowest BCUT2D eigenvalue weighted by atomic mass is 10.3. The maximum Gasteiger partial charge on any atom is 0.133 e. The molecule has 1 aliphatic carbocycles. The van der Waals surface area contributed by atoms with Crippen molar-refractivity contribution in [3.05, 3.63) is 12.2 Å². The van der Waals surface area contributed by atoms with Crippen LogP contribution in [0.4, 0.5) is 0 Å². The lowest BCUT2D eigenvalue weighted by Gasteiger charge is -2.07. The highest BCUT2D eigenvalue weighted by Crippen LogP contribution is 2.13. The van der Waals surface area contributed by atoms with Gasteiger partial charge in [-0.1, -0.05) is 31.3 Å². The van der Waals surface area contributed by atoms with Crippen LogP contribution in [0.3, 0.4) is 0 Å². The van der Waals surface area contributed by atoms with Gasteiger partial charge in [0.1, 0.15) is 20.3 Å². The maximum atomic E-state index is 9.15. The molecule has 1 aliphatic rings. The number of rotatable bonds is 1. The molecule has 2 atom stereocenters. The second kappa shape index (κ2) is 3.99. The summed E-state index contributed by atoms with van der Waals surface area (Å²) in [5.41, 5.74) is 3.11. The molecule has 0 spiro atoms. The van der Waals surface area contributed by atoms with E-state index in [-0.39, 0.29) is 12.2 Å². The number of aliphatic hydroxyl groups excluding tert-OH is 1. The Bertz CT molecular complexity index is 254. The van der Waals surface area contributed by atoms with Crippen LogP contribution < -0.4 is 0 Å². The third-order valence-corrected chi connectivity index (χ3v) is 2.51. The molecular weight excluding hydrogens is 180 g/mol. The van der Waals surface area contributed by atoms with Crippen molar-refractivity contribution >= 4 is 8.07 Å². The lowest BCUT2D eigenvalue weighted by Crippen LogP contribution is -2.17. The minimum Gasteiger partial charge on any atom is -0.439 e. The third-order valence-electron chi connectivity index (χ3n) is 1.66. The highest BCUT2D eigenvalue weighted by molar-refractivity contribution is 6.83. The molecule has 72 valence electrons. The Morgan fingerprint density at radius 2 is 2.08 bits per heavy atom. The first-order chi connectivity index (χ1) is 5.97. The summed E-state index contributed by atoms with van der Waals surface area (Å²) in [5.74, 6) is 0. The molecule has 0 fully saturated rings. The highest BCUT2D eigenvalue weighted by Gasteiger charge is 2.17. The van der Waals surface area contributed by atoms with Gasteiger partial charge in [-0.05, 0) is 6.08 Å². The predicted molar refractivity (Wildman–Crippen MR) is 55.8 cm³/mol. The summed E-state index contributed by atoms with van der Waals surface area (Å²) < 4.78 is 5.28. The number of hydrogen-bond acceptors (Lipinski definition) is 2. The van der Waals surface area contributed by atoms with E-state index in [1.165, 1.54) is 0 Å². The van der Waals surface area contributed by atoms with Gasteiger partial charge in [0.2, 0.25) is 0 Å². The summed E-state index contributed by atoms with van der Waals surface area (Å²) in [6.07, 6.45) is 6.63. The Morgan fingerprint density at radius 3 is 2.54 bits per heavy atom. The smallest absolute Gasteiger partial charge is 0.133 e. The molecule has 0 aromatic heterocycles. The summed E-state index contributed by atoms with van der Waals surface area (Å²) in [4.78, 5) is 0. The van der Waals surface area contributed by atoms with Gasteiger partial charge in [0.15, 0.2) is 0 Å². The minimum atomic E-state index is -1.32. The Morgan fingerprint density at radius 1 is 1.38 bits per heavy atom. The van der Waals surface area contributed by atoms with Gasteiger partial charge in [-0.15, -0.1) is 0 Å². The molecule has 3 heteroatoms. The van der Waals surface area contributed by atoms with Gasteiger partial charge in [0.05, 0.1) is 6.10 Å². The van der Waals surface area contributed by atoms with Crippen molar-refractivity contribution in [3.8, 4) is 11.7 Å². The van der Waals surface area contributed by atoms with Gasteiger partial charge >= 0.3 is 0 Å². The summed E-state index contributed by atoms with van der Waals surface area (Å²) in [7, 11) is -1.32. The molecule has 0 saturated heterocycles. The number of aliphatic hydroxyl groups is 1. The van der Waals surface area contributed by atoms with Gasteiger partial charge in [-0.25, -0.2) is 0 Å². The van der Waals surface area contributed by atoms with Crippen LogP contribution in [0.15, 0.2) is 12.2 Å². The normalized spacial score (nSPS) is 26.8. The molecule has 0 unspecified atom stereocenters. The van der Waals surface area contributed by atoms with Crippen LogP contribution in [0.2, 0.25) is 19.6 Å². The van der Waals surface area contributed by atoms with Crippen LogP contribution in [0.25, 0.3) is 0 Å². The maximum absolute atomic E-state index is 9.15. The zero-order valence-corrected chi connectivity index (χ0v) is 9.37.